The highest BCUT2D eigenvalue weighted by Crippen LogP contribution is 2.35. The number of hydrogen-bond acceptors (Lipinski definition) is 3. The SMILES string of the molecule is CCCC(CNC(=O)[C@@H]1CCO[C@H]1c1ccc(Cl)c(F)c1)C(=O)O. The molecule has 1 saturated heterocycles. The summed E-state index contributed by atoms with van der Waals surface area (Å²) >= 11 is 5.68. The molecule has 0 saturated carbocycles. The maximum absolute atomic E-state index is 13.6. The van der Waals surface area contributed by atoms with Gasteiger partial charge in [0.1, 0.15) is 5.82 Å². The van der Waals surface area contributed by atoms with E-state index in [2.05, 4.69) is 5.32 Å². The first-order valence-electron chi connectivity index (χ1n) is 8.01. The topological polar surface area (TPSA) is 75.6 Å². The molecule has 2 N–H and O–H groups in total. The number of hydrogen-bond donors (Lipinski definition) is 2. The molecule has 0 aliphatic carbocycles. The number of halogens is 2. The van der Waals surface area contributed by atoms with Crippen LogP contribution < -0.4 is 5.32 Å². The summed E-state index contributed by atoms with van der Waals surface area (Å²) in [4.78, 5) is 23.6. The molecule has 0 radical (unpaired) electrons. The lowest BCUT2D eigenvalue weighted by molar-refractivity contribution is -0.142. The lowest BCUT2D eigenvalue weighted by Gasteiger charge is -2.20. The summed E-state index contributed by atoms with van der Waals surface area (Å²) in [5.41, 5.74) is 0.554. The normalized spacial score (nSPS) is 21.5. The van der Waals surface area contributed by atoms with Crippen molar-refractivity contribution >= 4 is 23.5 Å². The molecule has 1 amide bonds. The number of aliphatic carboxylic acids is 1. The van der Waals surface area contributed by atoms with Crippen LogP contribution in [0.15, 0.2) is 18.2 Å². The maximum atomic E-state index is 13.6. The molecule has 1 aromatic rings. The van der Waals surface area contributed by atoms with Gasteiger partial charge in [-0.15, -0.1) is 0 Å². The van der Waals surface area contributed by atoms with Crippen LogP contribution in [0.4, 0.5) is 4.39 Å². The number of carboxylic acids is 1. The fourth-order valence-corrected chi connectivity index (χ4v) is 3.01. The van der Waals surface area contributed by atoms with Crippen molar-refractivity contribution in [3.63, 3.8) is 0 Å². The minimum atomic E-state index is -0.920. The highest BCUT2D eigenvalue weighted by Gasteiger charge is 2.35. The molecule has 0 bridgehead atoms. The predicted molar refractivity (Wildman–Crippen MR) is 87.3 cm³/mol. The molecule has 132 valence electrons. The lowest BCUT2D eigenvalue weighted by Crippen LogP contribution is -2.37. The van der Waals surface area contributed by atoms with Crippen LogP contribution in [0.25, 0.3) is 0 Å². The number of carbonyl (C=O) groups excluding carboxylic acids is 1. The van der Waals surface area contributed by atoms with Crippen molar-refractivity contribution in [2.75, 3.05) is 13.2 Å². The van der Waals surface area contributed by atoms with Gasteiger partial charge in [-0.1, -0.05) is 31.0 Å². The summed E-state index contributed by atoms with van der Waals surface area (Å²) in [5.74, 6) is -2.82. The Morgan fingerprint density at radius 3 is 2.88 bits per heavy atom. The number of rotatable bonds is 7. The van der Waals surface area contributed by atoms with Gasteiger partial charge in [-0.25, -0.2) is 4.39 Å². The van der Waals surface area contributed by atoms with Crippen molar-refractivity contribution in [1.82, 2.24) is 5.32 Å². The highest BCUT2D eigenvalue weighted by molar-refractivity contribution is 6.30. The largest absolute Gasteiger partial charge is 0.481 e. The Morgan fingerprint density at radius 2 is 2.25 bits per heavy atom. The fraction of sp³-hybridized carbons (Fsp3) is 0.529. The predicted octanol–water partition coefficient (Wildman–Crippen LogP) is 3.17. The third-order valence-electron chi connectivity index (χ3n) is 4.21. The fourth-order valence-electron chi connectivity index (χ4n) is 2.89. The van der Waals surface area contributed by atoms with Crippen molar-refractivity contribution in [3.8, 4) is 0 Å². The second kappa shape index (κ2) is 8.44. The van der Waals surface area contributed by atoms with Crippen LogP contribution in [0, 0.1) is 17.7 Å². The monoisotopic (exact) mass is 357 g/mol. The summed E-state index contributed by atoms with van der Waals surface area (Å²) in [6.07, 6.45) is 1.19. The van der Waals surface area contributed by atoms with Crippen LogP contribution >= 0.6 is 11.6 Å². The molecule has 1 aliphatic rings. The molecule has 1 aliphatic heterocycles. The van der Waals surface area contributed by atoms with Gasteiger partial charge >= 0.3 is 5.97 Å². The number of carboxylic acid groups (broad SMARTS) is 1. The van der Waals surface area contributed by atoms with E-state index in [1.54, 1.807) is 6.07 Å². The second-order valence-corrected chi connectivity index (χ2v) is 6.34. The van der Waals surface area contributed by atoms with Gasteiger partial charge < -0.3 is 15.2 Å². The molecule has 7 heteroatoms. The minimum absolute atomic E-state index is 0.0154. The Bertz CT molecular complexity index is 610. The van der Waals surface area contributed by atoms with Crippen molar-refractivity contribution < 1.29 is 23.8 Å². The molecule has 5 nitrogen and oxygen atoms in total. The average molecular weight is 358 g/mol. The van der Waals surface area contributed by atoms with Crippen molar-refractivity contribution in [2.24, 2.45) is 11.8 Å². The summed E-state index contributed by atoms with van der Waals surface area (Å²) < 4.78 is 19.2. The summed E-state index contributed by atoms with van der Waals surface area (Å²) in [6.45, 7) is 2.37. The molecular formula is C17H21ClFNO4. The molecule has 1 heterocycles. The second-order valence-electron chi connectivity index (χ2n) is 5.93. The van der Waals surface area contributed by atoms with Crippen LogP contribution in [-0.4, -0.2) is 30.1 Å². The Morgan fingerprint density at radius 1 is 1.50 bits per heavy atom. The van der Waals surface area contributed by atoms with Gasteiger partial charge in [0.25, 0.3) is 0 Å². The molecule has 0 aromatic heterocycles. The molecule has 0 spiro atoms. The zero-order valence-corrected chi connectivity index (χ0v) is 14.2. The summed E-state index contributed by atoms with van der Waals surface area (Å²) in [7, 11) is 0. The Hall–Kier alpha value is -1.66. The highest BCUT2D eigenvalue weighted by atomic mass is 35.5. The Balaban J connectivity index is 2.02. The number of amides is 1. The van der Waals surface area contributed by atoms with Crippen molar-refractivity contribution in [3.05, 3.63) is 34.6 Å². The van der Waals surface area contributed by atoms with Crippen LogP contribution in [0.5, 0.6) is 0 Å². The van der Waals surface area contributed by atoms with Gasteiger partial charge in [0.05, 0.1) is 23.0 Å². The first kappa shape index (κ1) is 18.7. The molecule has 2 rings (SSSR count). The van der Waals surface area contributed by atoms with Crippen molar-refractivity contribution in [1.29, 1.82) is 0 Å². The number of carbonyl (C=O) groups is 2. The van der Waals surface area contributed by atoms with Crippen molar-refractivity contribution in [2.45, 2.75) is 32.3 Å². The standard InChI is InChI=1S/C17H21ClFNO4/c1-2-3-11(17(22)23)9-20-16(21)12-6-7-24-15(12)10-4-5-13(18)14(19)8-10/h4-5,8,11-12,15H,2-3,6-7,9H2,1H3,(H,20,21)(H,22,23)/t11?,12-,15+/m1/s1. The Kier molecular flexibility index (Phi) is 6.57. The van der Waals surface area contributed by atoms with Gasteiger partial charge in [-0.3, -0.25) is 9.59 Å². The zero-order chi connectivity index (χ0) is 17.7. The van der Waals surface area contributed by atoms with Gasteiger partial charge in [0.2, 0.25) is 5.91 Å². The molecule has 3 atom stereocenters. The third kappa shape index (κ3) is 4.45. The van der Waals surface area contributed by atoms with Crippen LogP contribution in [0.2, 0.25) is 5.02 Å². The molecule has 1 fully saturated rings. The van der Waals surface area contributed by atoms with E-state index < -0.39 is 29.7 Å². The minimum Gasteiger partial charge on any atom is -0.481 e. The van der Waals surface area contributed by atoms with E-state index in [9.17, 15) is 14.0 Å². The quantitative estimate of drug-likeness (QED) is 0.786. The Labute approximate surface area is 145 Å². The number of ether oxygens (including phenoxy) is 1. The smallest absolute Gasteiger partial charge is 0.308 e. The van der Waals surface area contributed by atoms with Crippen LogP contribution in [-0.2, 0) is 14.3 Å². The number of benzene rings is 1. The van der Waals surface area contributed by atoms with Crippen LogP contribution in [0.1, 0.15) is 37.9 Å². The van der Waals surface area contributed by atoms with E-state index in [0.717, 1.165) is 6.42 Å². The summed E-state index contributed by atoms with van der Waals surface area (Å²) in [6, 6.07) is 4.35. The van der Waals surface area contributed by atoms with E-state index in [-0.39, 0.29) is 17.5 Å². The van der Waals surface area contributed by atoms with Gasteiger partial charge in [-0.05, 0) is 30.5 Å². The molecule has 1 aromatic carbocycles. The average Bonchev–Trinajstić information content (AvgIpc) is 3.03. The van der Waals surface area contributed by atoms with E-state index in [1.807, 2.05) is 6.92 Å². The van der Waals surface area contributed by atoms with E-state index >= 15 is 0 Å². The maximum Gasteiger partial charge on any atom is 0.308 e. The number of nitrogens with one attached hydrogen (secondary N) is 1. The van der Waals surface area contributed by atoms with Gasteiger partial charge in [-0.2, -0.15) is 0 Å². The molecule has 24 heavy (non-hydrogen) atoms. The van der Waals surface area contributed by atoms with Gasteiger partial charge in [0, 0.05) is 13.2 Å². The lowest BCUT2D eigenvalue weighted by atomic mass is 9.94. The zero-order valence-electron chi connectivity index (χ0n) is 13.4. The van der Waals surface area contributed by atoms with E-state index in [4.69, 9.17) is 21.4 Å². The van der Waals surface area contributed by atoms with Gasteiger partial charge in [0.15, 0.2) is 0 Å². The molecule has 1 unspecified atom stereocenters. The third-order valence-corrected chi connectivity index (χ3v) is 4.52. The molecular weight excluding hydrogens is 337 g/mol. The van der Waals surface area contributed by atoms with E-state index in [0.29, 0.717) is 25.0 Å². The van der Waals surface area contributed by atoms with E-state index in [1.165, 1.54) is 12.1 Å². The summed E-state index contributed by atoms with van der Waals surface area (Å²) in [5, 5.41) is 11.9. The van der Waals surface area contributed by atoms with Crippen LogP contribution in [0.3, 0.4) is 0 Å². The first-order valence-corrected chi connectivity index (χ1v) is 8.38. The first-order chi connectivity index (χ1) is 11.4.